The Labute approximate surface area is 383 Å². The number of carbonyl (C=O) groups is 2. The summed E-state index contributed by atoms with van der Waals surface area (Å²) in [4.78, 5) is 26.1. The molecule has 3 N–H and O–H groups in total. The van der Waals surface area contributed by atoms with E-state index in [1.807, 2.05) is 0 Å². The van der Waals surface area contributed by atoms with Crippen LogP contribution in [0, 0.1) is 0 Å². The van der Waals surface area contributed by atoms with E-state index in [2.05, 4.69) is 111 Å². The van der Waals surface area contributed by atoms with Gasteiger partial charge < -0.3 is 20.3 Å². The first kappa shape index (κ1) is 59.0. The topological polar surface area (TPSA) is 95.9 Å². The zero-order valence-electron chi connectivity index (χ0n) is 40.5. The molecule has 3 unspecified atom stereocenters. The second-order valence-electron chi connectivity index (χ2n) is 17.2. The number of carbonyl (C=O) groups excluding carboxylic acids is 2. The number of unbranched alkanes of at least 4 members (excludes halogenated alkanes) is 21. The molecule has 0 bridgehead atoms. The number of rotatable bonds is 45. The first-order chi connectivity index (χ1) is 30.5. The van der Waals surface area contributed by atoms with Gasteiger partial charge in [0.05, 0.1) is 25.2 Å². The van der Waals surface area contributed by atoms with E-state index in [9.17, 15) is 19.8 Å². The van der Waals surface area contributed by atoms with Crippen LogP contribution in [0.4, 0.5) is 0 Å². The first-order valence-corrected chi connectivity index (χ1v) is 25.8. The molecule has 0 saturated carbocycles. The van der Waals surface area contributed by atoms with E-state index in [1.54, 1.807) is 0 Å². The second-order valence-corrected chi connectivity index (χ2v) is 17.2. The number of esters is 1. The van der Waals surface area contributed by atoms with Gasteiger partial charge in [-0.3, -0.25) is 9.59 Å². The number of amides is 1. The summed E-state index contributed by atoms with van der Waals surface area (Å²) in [6.45, 7) is 6.22. The molecule has 0 saturated heterocycles. The van der Waals surface area contributed by atoms with Crippen molar-refractivity contribution in [1.82, 2.24) is 5.32 Å². The van der Waals surface area contributed by atoms with E-state index < -0.39 is 18.2 Å². The molecule has 0 radical (unpaired) electrons. The molecular weight excluding hydrogens is 767 g/mol. The van der Waals surface area contributed by atoms with Crippen LogP contribution in [0.5, 0.6) is 0 Å². The highest BCUT2D eigenvalue weighted by Crippen LogP contribution is 2.17. The lowest BCUT2D eigenvalue weighted by Gasteiger charge is -2.24. The zero-order chi connectivity index (χ0) is 45.2. The maximum atomic E-state index is 13.2. The fraction of sp³-hybridized carbons (Fsp3) is 0.714. The largest absolute Gasteiger partial charge is 0.462 e. The fourth-order valence-corrected chi connectivity index (χ4v) is 7.43. The molecule has 0 aliphatic heterocycles. The van der Waals surface area contributed by atoms with E-state index in [0.29, 0.717) is 19.3 Å². The van der Waals surface area contributed by atoms with Crippen LogP contribution >= 0.6 is 0 Å². The van der Waals surface area contributed by atoms with Crippen molar-refractivity contribution in [3.05, 3.63) is 85.1 Å². The summed E-state index contributed by atoms with van der Waals surface area (Å²) >= 11 is 0. The number of hydrogen-bond donors (Lipinski definition) is 3. The summed E-state index contributed by atoms with van der Waals surface area (Å²) < 4.78 is 5.89. The Morgan fingerprint density at radius 3 is 1.52 bits per heavy atom. The molecule has 1 amide bonds. The normalized spacial score (nSPS) is 14.0. The van der Waals surface area contributed by atoms with E-state index in [4.69, 9.17) is 4.74 Å². The van der Waals surface area contributed by atoms with Crippen LogP contribution in [0.15, 0.2) is 85.1 Å². The SMILES string of the molecule is CC/C=C/C=C/C=C\CCCCCCCC(=O)OC(CCC/C=C/C/C=C/C/C=C/C/C=C/CC)CC(=O)NC(CO)C(O)CCCCCCCCCCCCCCCCCC. The zero-order valence-corrected chi connectivity index (χ0v) is 40.5. The van der Waals surface area contributed by atoms with Gasteiger partial charge in [-0.1, -0.05) is 228 Å². The standard InChI is InChI=1S/C56H97NO5/c1-4-7-10-13-16-19-22-25-27-28-31-33-36-39-42-45-48-54(59)53(51-58)57-55(60)50-52(47-44-41-38-35-32-30-26-23-20-17-14-11-8-5-2)62-56(61)49-46-43-40-37-34-29-24-21-18-15-12-9-6-3/h8-9,11-12,15,17-18,20-21,24,26,30,35,38,52-54,58-59H,4-7,10,13-14,16,19,22-23,25,27-29,31-34,36-37,39-51H2,1-3H3,(H,57,60)/b11-8+,12-9+,18-15+,20-17+,24-21-,30-26+,38-35+. The molecular formula is C56H97NO5. The average Bonchev–Trinajstić information content (AvgIpc) is 3.26. The van der Waals surface area contributed by atoms with E-state index >= 15 is 0 Å². The summed E-state index contributed by atoms with van der Waals surface area (Å²) in [6.07, 6.45) is 63.6. The minimum Gasteiger partial charge on any atom is -0.462 e. The van der Waals surface area contributed by atoms with Gasteiger partial charge in [0, 0.05) is 6.42 Å². The number of aliphatic hydroxyl groups is 2. The van der Waals surface area contributed by atoms with Gasteiger partial charge in [-0.2, -0.15) is 0 Å². The molecule has 0 aliphatic carbocycles. The Bertz CT molecular complexity index is 1200. The third-order valence-corrected chi connectivity index (χ3v) is 11.3. The number of aliphatic hydroxyl groups excluding tert-OH is 2. The smallest absolute Gasteiger partial charge is 0.306 e. The van der Waals surface area contributed by atoms with Crippen LogP contribution < -0.4 is 5.32 Å². The van der Waals surface area contributed by atoms with Gasteiger partial charge in [-0.25, -0.2) is 0 Å². The molecule has 6 nitrogen and oxygen atoms in total. The van der Waals surface area contributed by atoms with Crippen molar-refractivity contribution in [3.63, 3.8) is 0 Å². The van der Waals surface area contributed by atoms with E-state index in [0.717, 1.165) is 103 Å². The van der Waals surface area contributed by atoms with Gasteiger partial charge in [-0.15, -0.1) is 0 Å². The van der Waals surface area contributed by atoms with Crippen molar-refractivity contribution in [2.45, 2.75) is 251 Å². The van der Waals surface area contributed by atoms with Gasteiger partial charge in [0.1, 0.15) is 6.10 Å². The number of ether oxygens (including phenoxy) is 1. The maximum Gasteiger partial charge on any atom is 0.306 e. The molecule has 0 heterocycles. The van der Waals surface area contributed by atoms with E-state index in [-0.39, 0.29) is 24.9 Å². The Morgan fingerprint density at radius 2 is 0.968 bits per heavy atom. The molecule has 3 atom stereocenters. The molecule has 0 aromatic carbocycles. The lowest BCUT2D eigenvalue weighted by molar-refractivity contribution is -0.151. The molecule has 0 fully saturated rings. The summed E-state index contributed by atoms with van der Waals surface area (Å²) in [5.41, 5.74) is 0. The Hall–Kier alpha value is -2.96. The van der Waals surface area contributed by atoms with Crippen LogP contribution in [0.1, 0.15) is 233 Å². The summed E-state index contributed by atoms with van der Waals surface area (Å²) in [6, 6.07) is -0.727. The molecule has 0 spiro atoms. The average molecular weight is 864 g/mol. The highest BCUT2D eigenvalue weighted by molar-refractivity contribution is 5.77. The van der Waals surface area contributed by atoms with Crippen LogP contribution in [0.25, 0.3) is 0 Å². The summed E-state index contributed by atoms with van der Waals surface area (Å²) in [5.74, 6) is -0.557. The van der Waals surface area contributed by atoms with Crippen molar-refractivity contribution in [2.75, 3.05) is 6.61 Å². The van der Waals surface area contributed by atoms with Crippen molar-refractivity contribution in [3.8, 4) is 0 Å². The van der Waals surface area contributed by atoms with Gasteiger partial charge in [-0.05, 0) is 77.0 Å². The first-order valence-electron chi connectivity index (χ1n) is 25.8. The van der Waals surface area contributed by atoms with Gasteiger partial charge in [0.2, 0.25) is 5.91 Å². The third kappa shape index (κ3) is 43.7. The Morgan fingerprint density at radius 1 is 0.500 bits per heavy atom. The number of hydrogen-bond acceptors (Lipinski definition) is 5. The Kier molecular flexibility index (Phi) is 46.7. The van der Waals surface area contributed by atoms with Crippen molar-refractivity contribution in [2.24, 2.45) is 0 Å². The third-order valence-electron chi connectivity index (χ3n) is 11.3. The van der Waals surface area contributed by atoms with Crippen LogP contribution in [0.3, 0.4) is 0 Å². The number of allylic oxidation sites excluding steroid dienone is 14. The molecule has 0 aliphatic rings. The summed E-state index contributed by atoms with van der Waals surface area (Å²) in [7, 11) is 0. The van der Waals surface area contributed by atoms with Gasteiger partial charge in [0.15, 0.2) is 0 Å². The molecule has 0 rings (SSSR count). The Balaban J connectivity index is 4.65. The molecule has 0 aromatic rings. The van der Waals surface area contributed by atoms with Crippen LogP contribution in [-0.2, 0) is 14.3 Å². The van der Waals surface area contributed by atoms with E-state index in [1.165, 1.54) is 83.5 Å². The van der Waals surface area contributed by atoms with Crippen molar-refractivity contribution in [1.29, 1.82) is 0 Å². The van der Waals surface area contributed by atoms with Crippen molar-refractivity contribution < 1.29 is 24.5 Å². The maximum absolute atomic E-state index is 13.2. The second kappa shape index (κ2) is 49.1. The highest BCUT2D eigenvalue weighted by Gasteiger charge is 2.24. The minimum absolute atomic E-state index is 0.0276. The van der Waals surface area contributed by atoms with Gasteiger partial charge in [0.25, 0.3) is 0 Å². The summed E-state index contributed by atoms with van der Waals surface area (Å²) in [5, 5.41) is 23.8. The lowest BCUT2D eigenvalue weighted by atomic mass is 10.0. The molecule has 0 aromatic heterocycles. The quantitative estimate of drug-likeness (QED) is 0.0245. The predicted molar refractivity (Wildman–Crippen MR) is 268 cm³/mol. The predicted octanol–water partition coefficient (Wildman–Crippen LogP) is 15.6. The molecule has 6 heteroatoms. The minimum atomic E-state index is -0.810. The number of nitrogens with one attached hydrogen (secondary N) is 1. The molecule has 62 heavy (non-hydrogen) atoms. The van der Waals surface area contributed by atoms with Gasteiger partial charge >= 0.3 is 5.97 Å². The fourth-order valence-electron chi connectivity index (χ4n) is 7.43. The van der Waals surface area contributed by atoms with Crippen molar-refractivity contribution >= 4 is 11.9 Å². The molecule has 356 valence electrons. The van der Waals surface area contributed by atoms with Crippen LogP contribution in [0.2, 0.25) is 0 Å². The monoisotopic (exact) mass is 864 g/mol. The lowest BCUT2D eigenvalue weighted by Crippen LogP contribution is -2.46. The highest BCUT2D eigenvalue weighted by atomic mass is 16.5. The van der Waals surface area contributed by atoms with Crippen LogP contribution in [-0.4, -0.2) is 46.9 Å².